The molecule has 6 nitrogen and oxygen atoms in total. The summed E-state index contributed by atoms with van der Waals surface area (Å²) in [6.45, 7) is -0.119. The SMILES string of the molecule is NC[C@@H](N)c1c(F)ccc([N+](=O)[O-])c1O. The van der Waals surface area contributed by atoms with Crippen molar-refractivity contribution >= 4 is 5.69 Å². The molecule has 82 valence electrons. The maximum atomic E-state index is 13.2. The van der Waals surface area contributed by atoms with Gasteiger partial charge in [-0.1, -0.05) is 0 Å². The molecule has 1 rings (SSSR count). The molecule has 0 saturated carbocycles. The number of phenolic OH excluding ortho intramolecular Hbond substituents is 1. The third-order valence-electron chi connectivity index (χ3n) is 1.96. The molecule has 5 N–H and O–H groups in total. The van der Waals surface area contributed by atoms with Crippen molar-refractivity contribution in [2.24, 2.45) is 11.5 Å². The predicted molar refractivity (Wildman–Crippen MR) is 50.7 cm³/mol. The van der Waals surface area contributed by atoms with Gasteiger partial charge in [0.1, 0.15) is 5.82 Å². The number of nitro groups is 1. The molecule has 0 saturated heterocycles. The minimum absolute atomic E-state index is 0.119. The Morgan fingerprint density at radius 2 is 2.20 bits per heavy atom. The Kier molecular flexibility index (Phi) is 3.17. The molecule has 0 aliphatic rings. The van der Waals surface area contributed by atoms with Gasteiger partial charge in [-0.3, -0.25) is 10.1 Å². The molecule has 0 aromatic heterocycles. The number of nitrogens with zero attached hydrogens (tertiary/aromatic N) is 1. The average molecular weight is 215 g/mol. The summed E-state index contributed by atoms with van der Waals surface area (Å²) in [5, 5.41) is 19.9. The summed E-state index contributed by atoms with van der Waals surface area (Å²) in [4.78, 5) is 9.63. The van der Waals surface area contributed by atoms with E-state index in [1.54, 1.807) is 0 Å². The fourth-order valence-corrected chi connectivity index (χ4v) is 1.19. The molecule has 1 atom stereocenters. The van der Waals surface area contributed by atoms with Gasteiger partial charge in [-0.25, -0.2) is 4.39 Å². The standard InChI is InChI=1S/C8H10FN3O3/c9-4-1-2-6(12(14)15)8(13)7(4)5(11)3-10/h1-2,5,13H,3,10-11H2/t5-/m1/s1. The number of phenols is 1. The lowest BCUT2D eigenvalue weighted by molar-refractivity contribution is -0.386. The summed E-state index contributed by atoms with van der Waals surface area (Å²) in [7, 11) is 0. The molecule has 1 aromatic carbocycles. The monoisotopic (exact) mass is 215 g/mol. The topological polar surface area (TPSA) is 115 Å². The van der Waals surface area contributed by atoms with Gasteiger partial charge in [0.25, 0.3) is 0 Å². The number of hydrogen-bond acceptors (Lipinski definition) is 5. The molecule has 0 heterocycles. The van der Waals surface area contributed by atoms with Crippen molar-refractivity contribution in [2.75, 3.05) is 6.54 Å². The van der Waals surface area contributed by atoms with E-state index in [4.69, 9.17) is 11.5 Å². The van der Waals surface area contributed by atoms with Crippen molar-refractivity contribution in [1.29, 1.82) is 0 Å². The Hall–Kier alpha value is -1.73. The number of aromatic hydroxyl groups is 1. The minimum atomic E-state index is -0.968. The van der Waals surface area contributed by atoms with Gasteiger partial charge in [-0.15, -0.1) is 0 Å². The molecule has 7 heteroatoms. The van der Waals surface area contributed by atoms with Crippen LogP contribution in [0.3, 0.4) is 0 Å². The Labute approximate surface area is 84.5 Å². The second kappa shape index (κ2) is 4.20. The molecule has 0 spiro atoms. The summed E-state index contributed by atoms with van der Waals surface area (Å²) in [5.41, 5.74) is 9.70. The van der Waals surface area contributed by atoms with E-state index >= 15 is 0 Å². The van der Waals surface area contributed by atoms with Gasteiger partial charge in [0.2, 0.25) is 5.75 Å². The number of nitro benzene ring substituents is 1. The largest absolute Gasteiger partial charge is 0.502 e. The summed E-state index contributed by atoms with van der Waals surface area (Å²) < 4.78 is 13.2. The summed E-state index contributed by atoms with van der Waals surface area (Å²) >= 11 is 0. The third kappa shape index (κ3) is 2.03. The summed E-state index contributed by atoms with van der Waals surface area (Å²) in [6.07, 6.45) is 0. The van der Waals surface area contributed by atoms with Gasteiger partial charge >= 0.3 is 5.69 Å². The number of benzene rings is 1. The predicted octanol–water partition coefficient (Wildman–Crippen LogP) is 0.398. The number of nitrogens with two attached hydrogens (primary N) is 2. The smallest absolute Gasteiger partial charge is 0.311 e. The molecule has 0 aliphatic carbocycles. The fraction of sp³-hybridized carbons (Fsp3) is 0.250. The molecule has 0 radical (unpaired) electrons. The van der Waals surface area contributed by atoms with Crippen molar-refractivity contribution in [1.82, 2.24) is 0 Å². The van der Waals surface area contributed by atoms with Crippen LogP contribution in [-0.2, 0) is 0 Å². The lowest BCUT2D eigenvalue weighted by Crippen LogP contribution is -2.22. The van der Waals surface area contributed by atoms with E-state index in [9.17, 15) is 19.6 Å². The molecular formula is C8H10FN3O3. The molecular weight excluding hydrogens is 205 g/mol. The van der Waals surface area contributed by atoms with Gasteiger partial charge in [0, 0.05) is 18.7 Å². The first-order chi connectivity index (χ1) is 6.99. The second-order valence-corrected chi connectivity index (χ2v) is 2.93. The Balaban J connectivity index is 3.36. The summed E-state index contributed by atoms with van der Waals surface area (Å²) in [5.74, 6) is -1.57. The van der Waals surface area contributed by atoms with Gasteiger partial charge in [-0.05, 0) is 6.07 Å². The lowest BCUT2D eigenvalue weighted by Gasteiger charge is -2.11. The Bertz CT molecular complexity index is 397. The van der Waals surface area contributed by atoms with Crippen LogP contribution in [0.2, 0.25) is 0 Å². The van der Waals surface area contributed by atoms with Crippen LogP contribution < -0.4 is 11.5 Å². The van der Waals surface area contributed by atoms with Gasteiger partial charge in [0.05, 0.1) is 10.5 Å². The third-order valence-corrected chi connectivity index (χ3v) is 1.96. The number of rotatable bonds is 3. The van der Waals surface area contributed by atoms with Crippen molar-refractivity contribution in [3.8, 4) is 5.75 Å². The van der Waals surface area contributed by atoms with Crippen molar-refractivity contribution in [2.45, 2.75) is 6.04 Å². The molecule has 1 aromatic rings. The Morgan fingerprint density at radius 3 is 2.67 bits per heavy atom. The van der Waals surface area contributed by atoms with Gasteiger partial charge in [-0.2, -0.15) is 0 Å². The van der Waals surface area contributed by atoms with Gasteiger partial charge in [0.15, 0.2) is 0 Å². The van der Waals surface area contributed by atoms with Crippen LogP contribution in [0.4, 0.5) is 10.1 Å². The first kappa shape index (κ1) is 11.3. The second-order valence-electron chi connectivity index (χ2n) is 2.93. The molecule has 0 amide bonds. The number of hydrogen-bond donors (Lipinski definition) is 3. The maximum Gasteiger partial charge on any atom is 0.311 e. The van der Waals surface area contributed by atoms with Crippen LogP contribution in [0.5, 0.6) is 5.75 Å². The highest BCUT2D eigenvalue weighted by atomic mass is 19.1. The average Bonchev–Trinajstić information content (AvgIpc) is 2.16. The highest BCUT2D eigenvalue weighted by molar-refractivity contribution is 5.52. The first-order valence-electron chi connectivity index (χ1n) is 4.10. The highest BCUT2D eigenvalue weighted by Gasteiger charge is 2.23. The van der Waals surface area contributed by atoms with Crippen molar-refractivity contribution in [3.63, 3.8) is 0 Å². The van der Waals surface area contributed by atoms with Crippen LogP contribution in [0, 0.1) is 15.9 Å². The zero-order valence-corrected chi connectivity index (χ0v) is 7.68. The van der Waals surface area contributed by atoms with E-state index in [0.29, 0.717) is 0 Å². The lowest BCUT2D eigenvalue weighted by atomic mass is 10.0. The quantitative estimate of drug-likeness (QED) is 0.498. The summed E-state index contributed by atoms with van der Waals surface area (Å²) in [6, 6.07) is 0.782. The normalized spacial score (nSPS) is 12.5. The van der Waals surface area contributed by atoms with Crippen LogP contribution >= 0.6 is 0 Å². The van der Waals surface area contributed by atoms with E-state index < -0.39 is 28.2 Å². The van der Waals surface area contributed by atoms with Gasteiger partial charge < -0.3 is 16.6 Å². The molecule has 15 heavy (non-hydrogen) atoms. The maximum absolute atomic E-state index is 13.2. The van der Waals surface area contributed by atoms with E-state index in [-0.39, 0.29) is 12.1 Å². The minimum Gasteiger partial charge on any atom is -0.502 e. The van der Waals surface area contributed by atoms with Crippen LogP contribution in [0.1, 0.15) is 11.6 Å². The fourth-order valence-electron chi connectivity index (χ4n) is 1.19. The molecule has 0 bridgehead atoms. The van der Waals surface area contributed by atoms with Crippen molar-refractivity contribution < 1.29 is 14.4 Å². The zero-order valence-electron chi connectivity index (χ0n) is 7.68. The Morgan fingerprint density at radius 1 is 1.60 bits per heavy atom. The first-order valence-corrected chi connectivity index (χ1v) is 4.10. The van der Waals surface area contributed by atoms with E-state index in [1.165, 1.54) is 0 Å². The van der Waals surface area contributed by atoms with E-state index in [2.05, 4.69) is 0 Å². The van der Waals surface area contributed by atoms with E-state index in [0.717, 1.165) is 12.1 Å². The van der Waals surface area contributed by atoms with Crippen LogP contribution in [-0.4, -0.2) is 16.6 Å². The van der Waals surface area contributed by atoms with Crippen molar-refractivity contribution in [3.05, 3.63) is 33.6 Å². The zero-order chi connectivity index (χ0) is 11.6. The van der Waals surface area contributed by atoms with Crippen LogP contribution in [0.15, 0.2) is 12.1 Å². The molecule has 0 fully saturated rings. The van der Waals surface area contributed by atoms with Crippen LogP contribution in [0.25, 0.3) is 0 Å². The highest BCUT2D eigenvalue weighted by Crippen LogP contribution is 2.34. The van der Waals surface area contributed by atoms with E-state index in [1.807, 2.05) is 0 Å². The number of halogens is 1. The molecule has 0 aliphatic heterocycles. The molecule has 0 unspecified atom stereocenters.